The lowest BCUT2D eigenvalue weighted by atomic mass is 9.33. The van der Waals surface area contributed by atoms with Crippen LogP contribution >= 0.6 is 0 Å². The van der Waals surface area contributed by atoms with Gasteiger partial charge >= 0.3 is 0 Å². The van der Waals surface area contributed by atoms with Crippen LogP contribution in [0.1, 0.15) is 17.3 Å². The molecule has 454 valence electrons. The van der Waals surface area contributed by atoms with E-state index >= 15 is 0 Å². The smallest absolute Gasteiger partial charge is 0.252 e. The zero-order valence-corrected chi connectivity index (χ0v) is 54.7. The van der Waals surface area contributed by atoms with Crippen molar-refractivity contribution in [1.82, 2.24) is 15.2 Å². The van der Waals surface area contributed by atoms with E-state index in [4.69, 9.17) is 4.99 Å². The second-order valence-corrected chi connectivity index (χ2v) is 33.0. The van der Waals surface area contributed by atoms with Gasteiger partial charge in [-0.15, -0.1) is 0 Å². The minimum absolute atomic E-state index is 0.199. The molecule has 3 aliphatic rings. The fraction of sp³-hybridized carbons (Fsp3) is 0.0230. The highest BCUT2D eigenvalue weighted by atomic mass is 28.3. The van der Waals surface area contributed by atoms with Gasteiger partial charge < -0.3 is 19.7 Å². The summed E-state index contributed by atoms with van der Waals surface area (Å²) in [6.45, 7) is -0.199. The van der Waals surface area contributed by atoms with Crippen molar-refractivity contribution in [2.45, 2.75) is 12.5 Å². The van der Waals surface area contributed by atoms with Gasteiger partial charge in [-0.3, -0.25) is 5.32 Å². The van der Waals surface area contributed by atoms with Gasteiger partial charge in [0, 0.05) is 44.8 Å². The van der Waals surface area contributed by atoms with Crippen LogP contribution in [0, 0.1) is 0 Å². The number of hydrogen-bond donors (Lipinski definition) is 2. The molecule has 3 aliphatic heterocycles. The lowest BCUT2D eigenvalue weighted by molar-refractivity contribution is 0.404. The molecule has 0 aliphatic carbocycles. The number of nitrogens with zero attached hydrogens (tertiary/aromatic N) is 4. The van der Waals surface area contributed by atoms with Crippen molar-refractivity contribution in [2.24, 2.45) is 4.99 Å². The van der Waals surface area contributed by atoms with Gasteiger partial charge in [-0.05, 0) is 112 Å². The maximum atomic E-state index is 5.82. The summed E-state index contributed by atoms with van der Waals surface area (Å²) >= 11 is 0. The molecule has 96 heavy (non-hydrogen) atoms. The number of nitrogens with one attached hydrogen (secondary N) is 2. The van der Waals surface area contributed by atoms with Crippen LogP contribution in [-0.4, -0.2) is 39.6 Å². The second kappa shape index (κ2) is 23.8. The van der Waals surface area contributed by atoms with Crippen molar-refractivity contribution < 1.29 is 0 Å². The third-order valence-corrected chi connectivity index (χ3v) is 29.9. The number of anilines is 5. The number of para-hydroxylation sites is 3. The number of aromatic nitrogens is 1. The molecule has 0 amide bonds. The molecule has 14 aromatic carbocycles. The largest absolute Gasteiger partial charge is 0.350 e. The van der Waals surface area contributed by atoms with E-state index in [0.717, 1.165) is 62.1 Å². The van der Waals surface area contributed by atoms with Crippen molar-refractivity contribution in [3.8, 4) is 5.69 Å². The molecular formula is C87H65BN6Si2. The van der Waals surface area contributed by atoms with Gasteiger partial charge in [0.2, 0.25) is 0 Å². The monoisotopic (exact) mass is 1260 g/mol. The van der Waals surface area contributed by atoms with Crippen LogP contribution in [0.4, 0.5) is 28.4 Å². The molecule has 18 rings (SSSR count). The van der Waals surface area contributed by atoms with Gasteiger partial charge in [0.1, 0.15) is 12.0 Å². The Hall–Kier alpha value is -11.6. The van der Waals surface area contributed by atoms with Crippen LogP contribution < -0.4 is 78.3 Å². The molecule has 2 atom stereocenters. The lowest BCUT2D eigenvalue weighted by Crippen LogP contribution is -2.75. The van der Waals surface area contributed by atoms with Crippen LogP contribution in [0.25, 0.3) is 27.5 Å². The molecule has 1 aromatic heterocycles. The van der Waals surface area contributed by atoms with Gasteiger partial charge in [0.15, 0.2) is 22.4 Å². The number of aliphatic imine (C=N–C) groups is 1. The number of fused-ring (bicyclic) bond motifs is 7. The van der Waals surface area contributed by atoms with Crippen molar-refractivity contribution in [3.63, 3.8) is 0 Å². The Labute approximate surface area is 562 Å². The van der Waals surface area contributed by atoms with E-state index in [1.807, 2.05) is 0 Å². The SMILES string of the molecule is c1ccc(C2=NC(N3c4ccccc4B4c5ccc([Si](c6ccccc6)(c6ccccc6)c6ccccc6)cc5N(c5cccc([Si](c6ccccc6)(c6ccccc6)c6ccccc6)c5)c5cc(-n6c7ccccc7c7ccccc76)cc3c54)NC(c3ccccc3)N2)cc1. The first-order chi connectivity index (χ1) is 47.6. The summed E-state index contributed by atoms with van der Waals surface area (Å²) in [4.78, 5) is 11.0. The van der Waals surface area contributed by atoms with E-state index in [1.54, 1.807) is 0 Å². The van der Waals surface area contributed by atoms with Gasteiger partial charge in [-0.1, -0.05) is 322 Å². The Bertz CT molecular complexity index is 5150. The first-order valence-corrected chi connectivity index (χ1v) is 37.3. The summed E-state index contributed by atoms with van der Waals surface area (Å²) in [6.07, 6.45) is -0.856. The van der Waals surface area contributed by atoms with Gasteiger partial charge in [0.05, 0.1) is 16.7 Å². The fourth-order valence-corrected chi connectivity index (χ4v) is 25.9. The summed E-state index contributed by atoms with van der Waals surface area (Å²) in [5.74, 6) is 0.822. The van der Waals surface area contributed by atoms with Crippen LogP contribution in [0.15, 0.2) is 375 Å². The normalized spacial score (nSPS) is 14.9. The maximum absolute atomic E-state index is 5.82. The summed E-state index contributed by atoms with van der Waals surface area (Å²) in [6, 6.07) is 139. The highest BCUT2D eigenvalue weighted by Gasteiger charge is 2.49. The first kappa shape index (κ1) is 57.1. The molecule has 0 spiro atoms. The van der Waals surface area contributed by atoms with E-state index in [2.05, 4.69) is 395 Å². The van der Waals surface area contributed by atoms with Crippen molar-refractivity contribution in [1.29, 1.82) is 0 Å². The quantitative estimate of drug-likeness (QED) is 0.0892. The summed E-state index contributed by atoms with van der Waals surface area (Å²) < 4.78 is 2.51. The number of benzene rings is 14. The van der Waals surface area contributed by atoms with E-state index in [0.29, 0.717) is 0 Å². The molecule has 2 N–H and O–H groups in total. The molecule has 2 unspecified atom stereocenters. The lowest BCUT2D eigenvalue weighted by Gasteiger charge is -2.47. The summed E-state index contributed by atoms with van der Waals surface area (Å²) in [7, 11) is -6.23. The minimum atomic E-state index is -3.13. The van der Waals surface area contributed by atoms with E-state index in [1.165, 1.54) is 68.7 Å². The summed E-state index contributed by atoms with van der Waals surface area (Å²) in [5, 5.41) is 20.9. The van der Waals surface area contributed by atoms with Crippen molar-refractivity contribution in [2.75, 3.05) is 9.80 Å². The van der Waals surface area contributed by atoms with Crippen molar-refractivity contribution >= 4 is 137 Å². The molecule has 15 aromatic rings. The zero-order valence-electron chi connectivity index (χ0n) is 52.7. The molecule has 0 saturated heterocycles. The van der Waals surface area contributed by atoms with Crippen LogP contribution in [0.2, 0.25) is 0 Å². The second-order valence-electron chi connectivity index (χ2n) is 25.4. The van der Waals surface area contributed by atoms with E-state index < -0.39 is 22.4 Å². The Morgan fingerprint density at radius 2 is 0.750 bits per heavy atom. The molecule has 0 saturated carbocycles. The first-order valence-electron chi connectivity index (χ1n) is 33.3. The molecule has 0 radical (unpaired) electrons. The third kappa shape index (κ3) is 9.14. The molecular weight excluding hydrogens is 1200 g/mol. The summed E-state index contributed by atoms with van der Waals surface area (Å²) in [5.41, 5.74) is 14.6. The number of hydrogen-bond acceptors (Lipinski definition) is 5. The average Bonchev–Trinajstić information content (AvgIpc) is 0.783. The Morgan fingerprint density at radius 3 is 1.28 bits per heavy atom. The van der Waals surface area contributed by atoms with Crippen molar-refractivity contribution in [3.05, 3.63) is 381 Å². The van der Waals surface area contributed by atoms with Gasteiger partial charge in [0.25, 0.3) is 6.71 Å². The number of amidine groups is 1. The molecule has 0 fully saturated rings. The number of rotatable bonds is 13. The highest BCUT2D eigenvalue weighted by molar-refractivity contribution is 7.20. The zero-order chi connectivity index (χ0) is 63.6. The van der Waals surface area contributed by atoms with Crippen LogP contribution in [0.3, 0.4) is 0 Å². The van der Waals surface area contributed by atoms with Gasteiger partial charge in [-0.2, -0.15) is 0 Å². The third-order valence-electron chi connectivity index (χ3n) is 20.3. The van der Waals surface area contributed by atoms with Crippen LogP contribution in [0.5, 0.6) is 0 Å². The molecule has 9 heteroatoms. The molecule has 0 bridgehead atoms. The Balaban J connectivity index is 0.980. The van der Waals surface area contributed by atoms with E-state index in [9.17, 15) is 0 Å². The standard InChI is InChI=1S/C87H65BN6Si2/c1-9-32-62(33-10-1)85-89-86(63-34-11-2-12-35-63)91-87(90-85)94-80-55-30-27-52-76(80)88-77-57-56-73(96(69-43-19-6-20-44-69,70-45-21-7-22-46-70)71-47-23-8-24-48-71)61-81(77)92(82-59-65(60-83(94)84(82)88)93-78-53-28-25-50-74(78)75-51-26-29-54-79(75)93)64-36-31-49-72(58-64)95(66-37-13-3-14-38-66,67-39-15-4-16-40-67)68-41-17-5-18-42-68/h1-61,85,87,90H,(H,89,91). The average molecular weight is 1260 g/mol. The maximum Gasteiger partial charge on any atom is 0.252 e. The predicted molar refractivity (Wildman–Crippen MR) is 408 cm³/mol. The van der Waals surface area contributed by atoms with Crippen LogP contribution in [-0.2, 0) is 0 Å². The topological polar surface area (TPSA) is 47.8 Å². The minimum Gasteiger partial charge on any atom is -0.350 e. The van der Waals surface area contributed by atoms with Gasteiger partial charge in [-0.25, -0.2) is 4.99 Å². The Morgan fingerprint density at radius 1 is 0.323 bits per heavy atom. The fourth-order valence-electron chi connectivity index (χ4n) is 16.3. The highest BCUT2D eigenvalue weighted by Crippen LogP contribution is 2.45. The van der Waals surface area contributed by atoms with E-state index in [-0.39, 0.29) is 12.9 Å². The predicted octanol–water partition coefficient (Wildman–Crippen LogP) is 11.9. The molecule has 4 heterocycles. The Kier molecular flexibility index (Phi) is 14.1. The molecule has 6 nitrogen and oxygen atoms in total.